The van der Waals surface area contributed by atoms with Gasteiger partial charge in [-0.05, 0) is 0 Å². The molecule has 2 saturated heterocycles. The Bertz CT molecular complexity index is 733. The van der Waals surface area contributed by atoms with Crippen LogP contribution in [0.1, 0.15) is 0 Å². The van der Waals surface area contributed by atoms with Gasteiger partial charge in [0, 0.05) is 0 Å². The number of carbonyl (C=O) groups is 4. The lowest BCUT2D eigenvalue weighted by molar-refractivity contribution is -0.234. The van der Waals surface area contributed by atoms with Crippen LogP contribution in [-0.4, -0.2) is 152 Å². The van der Waals surface area contributed by atoms with Gasteiger partial charge in [0.2, 0.25) is 11.8 Å². The third kappa shape index (κ3) is 7.49. The number of ether oxygens (including phenoxy) is 4. The summed E-state index contributed by atoms with van der Waals surface area (Å²) in [5.41, 5.74) is 0. The smallest absolute Gasteiger partial charge is 0.335 e. The fourth-order valence-electron chi connectivity index (χ4n) is 3.25. The van der Waals surface area contributed by atoms with E-state index in [9.17, 15) is 49.8 Å². The molecule has 2 heterocycles. The molecule has 18 nitrogen and oxygen atoms in total. The quantitative estimate of drug-likeness (QED) is 0.111. The standard InChI is InChI=1S/C18H28N2O16/c21-5(19-15-11(27)7(23)9(25)13(35-15)17(29)30)3-33-1-2-34-4-6(22)20-16-12(28)8(24)10(26)14(36-16)18(31)32/h7-16,23-28H,1-4H2,(H,19,21)(H,20,22)(H,29,30)(H,31,32)/t7-,8-,9-,10-,11+,12+,13-,14-,15+,16+/m0/s1. The van der Waals surface area contributed by atoms with E-state index in [1.807, 2.05) is 0 Å². The van der Waals surface area contributed by atoms with Crippen LogP contribution in [0.4, 0.5) is 0 Å². The van der Waals surface area contributed by atoms with E-state index in [1.165, 1.54) is 0 Å². The van der Waals surface area contributed by atoms with Crippen LogP contribution in [0.25, 0.3) is 0 Å². The summed E-state index contributed by atoms with van der Waals surface area (Å²) in [5, 5.41) is 80.4. The van der Waals surface area contributed by atoms with Crippen molar-refractivity contribution in [3.05, 3.63) is 0 Å². The number of amides is 2. The van der Waals surface area contributed by atoms with Crippen LogP contribution in [-0.2, 0) is 38.1 Å². The molecule has 2 amide bonds. The number of carboxylic acid groups (broad SMARTS) is 2. The summed E-state index contributed by atoms with van der Waals surface area (Å²) in [6, 6.07) is 0. The highest BCUT2D eigenvalue weighted by molar-refractivity contribution is 5.78. The summed E-state index contributed by atoms with van der Waals surface area (Å²) in [4.78, 5) is 45.9. The predicted octanol–water partition coefficient (Wildman–Crippen LogP) is -6.96. The highest BCUT2D eigenvalue weighted by Gasteiger charge is 2.48. The van der Waals surface area contributed by atoms with Crippen LogP contribution in [0.5, 0.6) is 0 Å². The first-order chi connectivity index (χ1) is 16.8. The maximum atomic E-state index is 11.9. The van der Waals surface area contributed by atoms with Crippen molar-refractivity contribution >= 4 is 23.8 Å². The van der Waals surface area contributed by atoms with E-state index >= 15 is 0 Å². The number of hydrogen-bond acceptors (Lipinski definition) is 14. The molecule has 2 aliphatic rings. The third-order valence-electron chi connectivity index (χ3n) is 5.16. The van der Waals surface area contributed by atoms with Crippen LogP contribution in [0, 0.1) is 0 Å². The Labute approximate surface area is 201 Å². The van der Waals surface area contributed by atoms with E-state index in [2.05, 4.69) is 10.6 Å². The lowest BCUT2D eigenvalue weighted by Crippen LogP contribution is -2.64. The van der Waals surface area contributed by atoms with Gasteiger partial charge in [-0.3, -0.25) is 9.59 Å². The average Bonchev–Trinajstić information content (AvgIpc) is 2.81. The summed E-state index contributed by atoms with van der Waals surface area (Å²) in [6.45, 7) is -1.67. The van der Waals surface area contributed by atoms with Gasteiger partial charge in [0.1, 0.15) is 49.8 Å². The molecule has 2 rings (SSSR count). The second-order valence-electron chi connectivity index (χ2n) is 7.81. The van der Waals surface area contributed by atoms with Gasteiger partial charge in [0.25, 0.3) is 0 Å². The van der Waals surface area contributed by atoms with Gasteiger partial charge in [0.15, 0.2) is 24.7 Å². The van der Waals surface area contributed by atoms with Gasteiger partial charge in [-0.15, -0.1) is 0 Å². The normalized spacial score (nSPS) is 36.6. The molecule has 0 radical (unpaired) electrons. The van der Waals surface area contributed by atoms with Crippen molar-refractivity contribution in [2.45, 2.75) is 61.3 Å². The van der Waals surface area contributed by atoms with Crippen molar-refractivity contribution in [1.82, 2.24) is 10.6 Å². The van der Waals surface area contributed by atoms with E-state index < -0.39 is 98.3 Å². The molecule has 2 fully saturated rings. The summed E-state index contributed by atoms with van der Waals surface area (Å²) in [5.74, 6) is -4.99. The molecule has 2 aliphatic heterocycles. The number of carbonyl (C=O) groups excluding carboxylic acids is 2. The Morgan fingerprint density at radius 2 is 0.917 bits per heavy atom. The van der Waals surface area contributed by atoms with E-state index in [1.54, 1.807) is 0 Å². The SMILES string of the molecule is O=C(COCCOCC(=O)N[C@@H]1O[C@H](C(=O)O)[C@@H](O)[C@H](O)[C@H]1O)N[C@@H]1O[C@H](C(=O)O)[C@@H](O)[C@H](O)[C@H]1O. The van der Waals surface area contributed by atoms with Crippen LogP contribution >= 0.6 is 0 Å². The average molecular weight is 528 g/mol. The summed E-state index contributed by atoms with van der Waals surface area (Å²) >= 11 is 0. The topological polar surface area (TPSA) is 291 Å². The zero-order valence-corrected chi connectivity index (χ0v) is 18.4. The number of rotatable bonds is 11. The summed E-state index contributed by atoms with van der Waals surface area (Å²) in [7, 11) is 0. The van der Waals surface area contributed by atoms with Crippen molar-refractivity contribution < 1.29 is 79.0 Å². The molecule has 36 heavy (non-hydrogen) atoms. The van der Waals surface area contributed by atoms with Gasteiger partial charge >= 0.3 is 11.9 Å². The van der Waals surface area contributed by atoms with Gasteiger partial charge in [-0.2, -0.15) is 0 Å². The van der Waals surface area contributed by atoms with Crippen LogP contribution in [0.3, 0.4) is 0 Å². The van der Waals surface area contributed by atoms with Gasteiger partial charge in [-0.25, -0.2) is 9.59 Å². The fraction of sp³-hybridized carbons (Fsp3) is 0.778. The molecule has 0 aromatic heterocycles. The lowest BCUT2D eigenvalue weighted by Gasteiger charge is -2.38. The Morgan fingerprint density at radius 3 is 1.22 bits per heavy atom. The van der Waals surface area contributed by atoms with Crippen molar-refractivity contribution in [3.8, 4) is 0 Å². The highest BCUT2D eigenvalue weighted by atomic mass is 16.6. The highest BCUT2D eigenvalue weighted by Crippen LogP contribution is 2.21. The molecule has 0 bridgehead atoms. The molecule has 0 saturated carbocycles. The monoisotopic (exact) mass is 528 g/mol. The number of carboxylic acids is 2. The molecule has 206 valence electrons. The first-order valence-corrected chi connectivity index (χ1v) is 10.4. The zero-order chi connectivity index (χ0) is 27.2. The Balaban J connectivity index is 1.66. The van der Waals surface area contributed by atoms with E-state index in [-0.39, 0.29) is 13.2 Å². The number of aliphatic hydroxyl groups excluding tert-OH is 6. The molecule has 0 aliphatic carbocycles. The molecule has 10 N–H and O–H groups in total. The van der Waals surface area contributed by atoms with Crippen LogP contribution in [0.2, 0.25) is 0 Å². The van der Waals surface area contributed by atoms with E-state index in [0.717, 1.165) is 0 Å². The molecule has 18 heteroatoms. The maximum absolute atomic E-state index is 11.9. The van der Waals surface area contributed by atoms with Crippen molar-refractivity contribution in [2.75, 3.05) is 26.4 Å². The molecule has 10 atom stereocenters. The minimum absolute atomic E-state index is 0.220. The Kier molecular flexibility index (Phi) is 10.8. The molecule has 0 aromatic rings. The molecule has 0 aromatic carbocycles. The van der Waals surface area contributed by atoms with Crippen LogP contribution in [0.15, 0.2) is 0 Å². The third-order valence-corrected chi connectivity index (χ3v) is 5.16. The van der Waals surface area contributed by atoms with Gasteiger partial charge in [-0.1, -0.05) is 0 Å². The molecule has 0 spiro atoms. The van der Waals surface area contributed by atoms with E-state index in [4.69, 9.17) is 29.2 Å². The van der Waals surface area contributed by atoms with Crippen molar-refractivity contribution in [1.29, 1.82) is 0 Å². The second-order valence-corrected chi connectivity index (χ2v) is 7.81. The van der Waals surface area contributed by atoms with Gasteiger partial charge in [0.05, 0.1) is 13.2 Å². The Morgan fingerprint density at radius 1 is 0.583 bits per heavy atom. The van der Waals surface area contributed by atoms with Crippen molar-refractivity contribution in [3.63, 3.8) is 0 Å². The number of aliphatic carboxylic acids is 2. The predicted molar refractivity (Wildman–Crippen MR) is 107 cm³/mol. The first-order valence-electron chi connectivity index (χ1n) is 10.4. The minimum atomic E-state index is -1.92. The van der Waals surface area contributed by atoms with E-state index in [0.29, 0.717) is 0 Å². The van der Waals surface area contributed by atoms with Gasteiger partial charge < -0.3 is 70.4 Å². The summed E-state index contributed by atoms with van der Waals surface area (Å²) < 4.78 is 19.7. The maximum Gasteiger partial charge on any atom is 0.335 e. The minimum Gasteiger partial charge on any atom is -0.479 e. The second kappa shape index (κ2) is 13.1. The molecular formula is C18H28N2O16. The van der Waals surface area contributed by atoms with Crippen LogP contribution < -0.4 is 10.6 Å². The summed E-state index contributed by atoms with van der Waals surface area (Å²) in [6.07, 6.45) is -18.3. The largest absolute Gasteiger partial charge is 0.479 e. The Hall–Kier alpha value is -2.52. The number of hydrogen-bond donors (Lipinski definition) is 10. The fourth-order valence-corrected chi connectivity index (χ4v) is 3.25. The zero-order valence-electron chi connectivity index (χ0n) is 18.4. The molecular weight excluding hydrogens is 500 g/mol. The number of nitrogens with one attached hydrogen (secondary N) is 2. The lowest BCUT2D eigenvalue weighted by atomic mass is 9.98. The number of aliphatic hydroxyl groups is 6. The molecule has 0 unspecified atom stereocenters. The first kappa shape index (κ1) is 29.7. The van der Waals surface area contributed by atoms with Crippen molar-refractivity contribution in [2.24, 2.45) is 0 Å².